The van der Waals surface area contributed by atoms with Crippen molar-refractivity contribution in [1.29, 1.82) is 0 Å². The van der Waals surface area contributed by atoms with E-state index in [0.717, 1.165) is 12.0 Å². The van der Waals surface area contributed by atoms with Crippen LogP contribution in [-0.2, 0) is 16.0 Å². The summed E-state index contributed by atoms with van der Waals surface area (Å²) in [6, 6.07) is 17.0. The Hall–Kier alpha value is -2.53. The van der Waals surface area contributed by atoms with Crippen molar-refractivity contribution < 1.29 is 14.3 Å². The molecule has 0 spiro atoms. The van der Waals surface area contributed by atoms with E-state index >= 15 is 0 Å². The summed E-state index contributed by atoms with van der Waals surface area (Å²) >= 11 is 5.87. The first kappa shape index (κ1) is 20.2. The van der Waals surface area contributed by atoms with E-state index in [9.17, 15) is 9.59 Å². The zero-order chi connectivity index (χ0) is 19.9. The molecule has 28 heavy (non-hydrogen) atoms. The lowest BCUT2D eigenvalue weighted by molar-refractivity contribution is -0.143. The predicted octanol–water partition coefficient (Wildman–Crippen LogP) is 3.41. The molecule has 0 saturated carbocycles. The largest absolute Gasteiger partial charge is 0.481 e. The molecule has 1 unspecified atom stereocenters. The molecule has 6 heteroatoms. The molecule has 5 nitrogen and oxygen atoms in total. The summed E-state index contributed by atoms with van der Waals surface area (Å²) in [6.07, 6.45) is 0.653. The molecule has 1 atom stereocenters. The summed E-state index contributed by atoms with van der Waals surface area (Å²) in [5.41, 5.74) is 1.16. The van der Waals surface area contributed by atoms with Gasteiger partial charge < -0.3 is 14.5 Å². The monoisotopic (exact) mass is 400 g/mol. The second-order valence-electron chi connectivity index (χ2n) is 6.91. The minimum atomic E-state index is -0.582. The second kappa shape index (κ2) is 9.60. The number of amides is 2. The van der Waals surface area contributed by atoms with E-state index in [1.165, 1.54) is 0 Å². The van der Waals surface area contributed by atoms with Crippen LogP contribution in [0, 0.1) is 0 Å². The number of carbonyl (C=O) groups excluding carboxylic acids is 2. The van der Waals surface area contributed by atoms with E-state index in [1.54, 1.807) is 36.1 Å². The van der Waals surface area contributed by atoms with Crippen molar-refractivity contribution in [3.05, 3.63) is 65.2 Å². The molecule has 0 aromatic heterocycles. The van der Waals surface area contributed by atoms with Crippen molar-refractivity contribution in [3.8, 4) is 5.75 Å². The van der Waals surface area contributed by atoms with Crippen LogP contribution in [0.25, 0.3) is 0 Å². The van der Waals surface area contributed by atoms with Gasteiger partial charge in [-0.2, -0.15) is 0 Å². The van der Waals surface area contributed by atoms with Crippen LogP contribution in [0.1, 0.15) is 18.9 Å². The van der Waals surface area contributed by atoms with Crippen LogP contribution >= 0.6 is 11.6 Å². The van der Waals surface area contributed by atoms with Gasteiger partial charge in [0.1, 0.15) is 5.75 Å². The molecule has 2 amide bonds. The number of aryl methyl sites for hydroxylation is 1. The Morgan fingerprint density at radius 3 is 2.21 bits per heavy atom. The molecule has 148 valence electrons. The molecule has 1 aliphatic heterocycles. The van der Waals surface area contributed by atoms with E-state index < -0.39 is 6.10 Å². The fraction of sp³-hybridized carbons (Fsp3) is 0.364. The van der Waals surface area contributed by atoms with Crippen molar-refractivity contribution in [3.63, 3.8) is 0 Å². The van der Waals surface area contributed by atoms with E-state index in [2.05, 4.69) is 0 Å². The van der Waals surface area contributed by atoms with Crippen LogP contribution < -0.4 is 4.74 Å². The molecule has 0 N–H and O–H groups in total. The van der Waals surface area contributed by atoms with Gasteiger partial charge in [-0.1, -0.05) is 41.9 Å². The average molecular weight is 401 g/mol. The maximum atomic E-state index is 12.6. The quantitative estimate of drug-likeness (QED) is 0.746. The molecule has 2 aromatic carbocycles. The Labute approximate surface area is 170 Å². The maximum Gasteiger partial charge on any atom is 0.263 e. The van der Waals surface area contributed by atoms with Crippen molar-refractivity contribution >= 4 is 23.4 Å². The second-order valence-corrected chi connectivity index (χ2v) is 7.34. The number of ether oxygens (including phenoxy) is 1. The molecule has 2 aromatic rings. The summed E-state index contributed by atoms with van der Waals surface area (Å²) in [5, 5.41) is 0.624. The molecular formula is C22H25ClN2O3. The van der Waals surface area contributed by atoms with E-state index in [1.807, 2.05) is 35.2 Å². The van der Waals surface area contributed by atoms with E-state index in [0.29, 0.717) is 43.4 Å². The van der Waals surface area contributed by atoms with Gasteiger partial charge in [-0.25, -0.2) is 0 Å². The van der Waals surface area contributed by atoms with Gasteiger partial charge in [0, 0.05) is 37.6 Å². The van der Waals surface area contributed by atoms with E-state index in [4.69, 9.17) is 16.3 Å². The number of carbonyl (C=O) groups is 2. The number of rotatable bonds is 6. The van der Waals surface area contributed by atoms with Crippen LogP contribution in [0.4, 0.5) is 0 Å². The first-order valence-electron chi connectivity index (χ1n) is 9.55. The molecule has 0 radical (unpaired) electrons. The third-order valence-corrected chi connectivity index (χ3v) is 5.14. The Morgan fingerprint density at radius 2 is 1.57 bits per heavy atom. The Kier molecular flexibility index (Phi) is 6.93. The van der Waals surface area contributed by atoms with Crippen molar-refractivity contribution in [2.24, 2.45) is 0 Å². The third kappa shape index (κ3) is 5.49. The summed E-state index contributed by atoms with van der Waals surface area (Å²) in [7, 11) is 0. The fourth-order valence-electron chi connectivity index (χ4n) is 3.26. The number of piperazine rings is 1. The normalized spacial score (nSPS) is 15.2. The number of hydrogen-bond acceptors (Lipinski definition) is 3. The van der Waals surface area contributed by atoms with Gasteiger partial charge in [0.25, 0.3) is 5.91 Å². The summed E-state index contributed by atoms with van der Waals surface area (Å²) < 4.78 is 5.72. The van der Waals surface area contributed by atoms with Crippen molar-refractivity contribution in [2.45, 2.75) is 25.9 Å². The third-order valence-electron chi connectivity index (χ3n) is 4.89. The van der Waals surface area contributed by atoms with Gasteiger partial charge in [-0.3, -0.25) is 9.59 Å². The molecule has 1 heterocycles. The Balaban J connectivity index is 1.44. The minimum absolute atomic E-state index is 0.0636. The molecule has 0 bridgehead atoms. The summed E-state index contributed by atoms with van der Waals surface area (Å²) in [4.78, 5) is 28.7. The lowest BCUT2D eigenvalue weighted by atomic mass is 10.1. The molecule has 1 saturated heterocycles. The van der Waals surface area contributed by atoms with Gasteiger partial charge in [-0.05, 0) is 43.2 Å². The highest BCUT2D eigenvalue weighted by molar-refractivity contribution is 6.30. The van der Waals surface area contributed by atoms with Gasteiger partial charge in [0.2, 0.25) is 5.91 Å². The molecule has 3 rings (SSSR count). The standard InChI is InChI=1S/C22H25ClN2O3/c1-17(28-20-10-8-19(23)9-11-20)22(27)25-15-13-24(14-16-25)21(26)12-7-18-5-3-2-4-6-18/h2-6,8-11,17H,7,12-16H2,1H3. The topological polar surface area (TPSA) is 49.9 Å². The highest BCUT2D eigenvalue weighted by atomic mass is 35.5. The highest BCUT2D eigenvalue weighted by Gasteiger charge is 2.27. The molecule has 0 aliphatic carbocycles. The number of benzene rings is 2. The number of nitrogens with zero attached hydrogens (tertiary/aromatic N) is 2. The van der Waals surface area contributed by atoms with Crippen LogP contribution in [0.5, 0.6) is 5.75 Å². The minimum Gasteiger partial charge on any atom is -0.481 e. The first-order valence-corrected chi connectivity index (χ1v) is 9.93. The van der Waals surface area contributed by atoms with Crippen molar-refractivity contribution in [1.82, 2.24) is 9.80 Å². The fourth-order valence-corrected chi connectivity index (χ4v) is 3.38. The Morgan fingerprint density at radius 1 is 0.964 bits per heavy atom. The Bertz CT molecular complexity index is 787. The highest BCUT2D eigenvalue weighted by Crippen LogP contribution is 2.18. The number of hydrogen-bond donors (Lipinski definition) is 0. The zero-order valence-electron chi connectivity index (χ0n) is 16.0. The van der Waals surface area contributed by atoms with Gasteiger partial charge >= 0.3 is 0 Å². The summed E-state index contributed by atoms with van der Waals surface area (Å²) in [5.74, 6) is 0.688. The molecular weight excluding hydrogens is 376 g/mol. The van der Waals surface area contributed by atoms with Crippen LogP contribution in [-0.4, -0.2) is 53.9 Å². The van der Waals surface area contributed by atoms with Crippen LogP contribution in [0.3, 0.4) is 0 Å². The van der Waals surface area contributed by atoms with Crippen LogP contribution in [0.15, 0.2) is 54.6 Å². The molecule has 1 aliphatic rings. The number of halogens is 1. The molecule has 1 fully saturated rings. The SMILES string of the molecule is CC(Oc1ccc(Cl)cc1)C(=O)N1CCN(C(=O)CCc2ccccc2)CC1. The summed E-state index contributed by atoms with van der Waals surface area (Å²) in [6.45, 7) is 3.93. The maximum absolute atomic E-state index is 12.6. The lowest BCUT2D eigenvalue weighted by Gasteiger charge is -2.36. The van der Waals surface area contributed by atoms with Gasteiger partial charge in [0.05, 0.1) is 0 Å². The zero-order valence-corrected chi connectivity index (χ0v) is 16.8. The van der Waals surface area contributed by atoms with Gasteiger partial charge in [-0.15, -0.1) is 0 Å². The predicted molar refractivity (Wildman–Crippen MR) is 109 cm³/mol. The van der Waals surface area contributed by atoms with Crippen molar-refractivity contribution in [2.75, 3.05) is 26.2 Å². The van der Waals surface area contributed by atoms with E-state index in [-0.39, 0.29) is 11.8 Å². The smallest absolute Gasteiger partial charge is 0.263 e. The average Bonchev–Trinajstić information content (AvgIpc) is 2.74. The van der Waals surface area contributed by atoms with Gasteiger partial charge in [0.15, 0.2) is 6.10 Å². The first-order chi connectivity index (χ1) is 13.5. The lowest BCUT2D eigenvalue weighted by Crippen LogP contribution is -2.53. The van der Waals surface area contributed by atoms with Crippen LogP contribution in [0.2, 0.25) is 5.02 Å².